The van der Waals surface area contributed by atoms with Gasteiger partial charge < -0.3 is 10.0 Å². The fourth-order valence-electron chi connectivity index (χ4n) is 3.13. The molecule has 6 heteroatoms. The molecule has 0 fully saturated rings. The van der Waals surface area contributed by atoms with Gasteiger partial charge in [-0.3, -0.25) is 9.59 Å². The zero-order valence-electron chi connectivity index (χ0n) is 15.5. The molecular formula is C21H23N3O3. The molecule has 2 aromatic rings. The molecular weight excluding hydrogens is 342 g/mol. The van der Waals surface area contributed by atoms with Gasteiger partial charge >= 0.3 is 5.97 Å². The number of carboxylic acids is 1. The van der Waals surface area contributed by atoms with Crippen molar-refractivity contribution in [1.29, 1.82) is 0 Å². The van der Waals surface area contributed by atoms with Crippen molar-refractivity contribution in [3.05, 3.63) is 65.7 Å². The molecule has 0 spiro atoms. The van der Waals surface area contributed by atoms with E-state index in [4.69, 9.17) is 5.11 Å². The molecule has 1 atom stereocenters. The number of rotatable bonds is 6. The number of amides is 1. The highest BCUT2D eigenvalue weighted by atomic mass is 16.4. The van der Waals surface area contributed by atoms with Gasteiger partial charge in [0.05, 0.1) is 18.2 Å². The predicted molar refractivity (Wildman–Crippen MR) is 105 cm³/mol. The van der Waals surface area contributed by atoms with Crippen LogP contribution in [0.3, 0.4) is 0 Å². The number of hydrazone groups is 1. The van der Waals surface area contributed by atoms with Crippen LogP contribution in [0.4, 0.5) is 5.69 Å². The second-order valence-corrected chi connectivity index (χ2v) is 6.75. The number of benzene rings is 2. The average Bonchev–Trinajstić information content (AvgIpc) is 3.12. The Balaban J connectivity index is 1.88. The summed E-state index contributed by atoms with van der Waals surface area (Å²) in [4.78, 5) is 25.5. The summed E-state index contributed by atoms with van der Waals surface area (Å²) in [5.41, 5.74) is 3.87. The van der Waals surface area contributed by atoms with E-state index in [1.54, 1.807) is 0 Å². The van der Waals surface area contributed by atoms with Gasteiger partial charge in [0.1, 0.15) is 0 Å². The van der Waals surface area contributed by atoms with Crippen LogP contribution in [-0.4, -0.2) is 41.8 Å². The Bertz CT molecular complexity index is 845. The minimum Gasteiger partial charge on any atom is -0.481 e. The Kier molecular flexibility index (Phi) is 5.54. The third-order valence-electron chi connectivity index (χ3n) is 4.62. The first-order valence-corrected chi connectivity index (χ1v) is 8.89. The van der Waals surface area contributed by atoms with E-state index in [0.29, 0.717) is 6.42 Å². The van der Waals surface area contributed by atoms with Gasteiger partial charge in [-0.15, -0.1) is 0 Å². The van der Waals surface area contributed by atoms with Crippen LogP contribution in [0, 0.1) is 0 Å². The van der Waals surface area contributed by atoms with Crippen LogP contribution in [0.5, 0.6) is 0 Å². The lowest BCUT2D eigenvalue weighted by Gasteiger charge is -2.22. The molecule has 140 valence electrons. The summed E-state index contributed by atoms with van der Waals surface area (Å²) in [6.07, 6.45) is 0.342. The zero-order valence-corrected chi connectivity index (χ0v) is 15.5. The molecule has 6 nitrogen and oxygen atoms in total. The maximum absolute atomic E-state index is 12.6. The van der Waals surface area contributed by atoms with Gasteiger partial charge in [-0.1, -0.05) is 42.5 Å². The van der Waals surface area contributed by atoms with E-state index in [0.717, 1.165) is 22.5 Å². The van der Waals surface area contributed by atoms with Gasteiger partial charge in [-0.2, -0.15) is 5.10 Å². The molecule has 0 bridgehead atoms. The Morgan fingerprint density at radius 1 is 1.07 bits per heavy atom. The Hall–Kier alpha value is -3.15. The summed E-state index contributed by atoms with van der Waals surface area (Å²) >= 11 is 0. The quantitative estimate of drug-likeness (QED) is 0.852. The summed E-state index contributed by atoms with van der Waals surface area (Å²) in [6.45, 7) is 0. The van der Waals surface area contributed by atoms with E-state index in [9.17, 15) is 9.59 Å². The monoisotopic (exact) mass is 365 g/mol. The summed E-state index contributed by atoms with van der Waals surface area (Å²) in [5, 5.41) is 14.9. The maximum Gasteiger partial charge on any atom is 0.303 e. The minimum atomic E-state index is -0.985. The van der Waals surface area contributed by atoms with Gasteiger partial charge in [0.25, 0.3) is 0 Å². The number of nitrogens with zero attached hydrogens (tertiary/aromatic N) is 3. The molecule has 0 aromatic heterocycles. The third kappa shape index (κ3) is 4.34. The van der Waals surface area contributed by atoms with Crippen LogP contribution in [0.2, 0.25) is 0 Å². The van der Waals surface area contributed by atoms with Crippen molar-refractivity contribution in [2.75, 3.05) is 19.0 Å². The zero-order chi connectivity index (χ0) is 19.4. The summed E-state index contributed by atoms with van der Waals surface area (Å²) in [6, 6.07) is 17.5. The maximum atomic E-state index is 12.6. The molecule has 0 aliphatic carbocycles. The van der Waals surface area contributed by atoms with Crippen LogP contribution >= 0.6 is 0 Å². The lowest BCUT2D eigenvalue weighted by molar-refractivity contribution is -0.141. The topological polar surface area (TPSA) is 73.2 Å². The molecule has 0 saturated carbocycles. The fourth-order valence-corrected chi connectivity index (χ4v) is 3.13. The van der Waals surface area contributed by atoms with Gasteiger partial charge in [0, 0.05) is 32.6 Å². The van der Waals surface area contributed by atoms with Gasteiger partial charge in [0.15, 0.2) is 0 Å². The van der Waals surface area contributed by atoms with E-state index >= 15 is 0 Å². The number of anilines is 1. The Morgan fingerprint density at radius 3 is 2.33 bits per heavy atom. The van der Waals surface area contributed by atoms with E-state index in [-0.39, 0.29) is 24.8 Å². The Morgan fingerprint density at radius 2 is 1.74 bits per heavy atom. The van der Waals surface area contributed by atoms with Gasteiger partial charge in [-0.05, 0) is 23.3 Å². The van der Waals surface area contributed by atoms with Crippen molar-refractivity contribution in [2.45, 2.75) is 25.3 Å². The highest BCUT2D eigenvalue weighted by molar-refractivity contribution is 6.03. The molecule has 1 N–H and O–H groups in total. The van der Waals surface area contributed by atoms with Crippen molar-refractivity contribution in [3.63, 3.8) is 0 Å². The smallest absolute Gasteiger partial charge is 0.303 e. The molecule has 1 aliphatic rings. The second-order valence-electron chi connectivity index (χ2n) is 6.75. The standard InChI is InChI=1S/C21H23N3O3/c1-23(2)17-10-8-16(9-11-17)19-14-18(15-6-4-3-5-7-15)22-24(19)20(25)12-13-21(26)27/h3-11,19H,12-14H2,1-2H3,(H,26,27)/t19-/m1/s1. The van der Waals surface area contributed by atoms with E-state index < -0.39 is 5.97 Å². The summed E-state index contributed by atoms with van der Waals surface area (Å²) in [5.74, 6) is -1.26. The first kappa shape index (κ1) is 18.6. The van der Waals surface area contributed by atoms with Crippen molar-refractivity contribution in [2.24, 2.45) is 5.10 Å². The van der Waals surface area contributed by atoms with Crippen LogP contribution in [0.1, 0.15) is 36.4 Å². The lowest BCUT2D eigenvalue weighted by Crippen LogP contribution is -2.27. The van der Waals surface area contributed by atoms with E-state index in [2.05, 4.69) is 5.10 Å². The van der Waals surface area contributed by atoms with Crippen molar-refractivity contribution < 1.29 is 14.7 Å². The fraction of sp³-hybridized carbons (Fsp3) is 0.286. The SMILES string of the molecule is CN(C)c1ccc([C@H]2CC(c3ccccc3)=NN2C(=O)CCC(=O)O)cc1. The third-order valence-corrected chi connectivity index (χ3v) is 4.62. The number of hydrogen-bond acceptors (Lipinski definition) is 4. The molecule has 1 amide bonds. The van der Waals surface area contributed by atoms with Gasteiger partial charge in [-0.25, -0.2) is 5.01 Å². The number of carboxylic acid groups (broad SMARTS) is 1. The number of aliphatic carboxylic acids is 1. The first-order chi connectivity index (χ1) is 13.0. The summed E-state index contributed by atoms with van der Waals surface area (Å²) in [7, 11) is 3.95. The molecule has 0 radical (unpaired) electrons. The highest BCUT2D eigenvalue weighted by Crippen LogP contribution is 2.34. The molecule has 0 saturated heterocycles. The van der Waals surface area contributed by atoms with Crippen LogP contribution in [0.15, 0.2) is 59.7 Å². The lowest BCUT2D eigenvalue weighted by atomic mass is 9.98. The average molecular weight is 365 g/mol. The van der Waals surface area contributed by atoms with Crippen LogP contribution in [-0.2, 0) is 9.59 Å². The van der Waals surface area contributed by atoms with Crippen molar-refractivity contribution in [3.8, 4) is 0 Å². The molecule has 3 rings (SSSR count). The number of carbonyl (C=O) groups is 2. The molecule has 1 aliphatic heterocycles. The Labute approximate surface area is 158 Å². The minimum absolute atomic E-state index is 0.0623. The molecule has 0 unspecified atom stereocenters. The largest absolute Gasteiger partial charge is 0.481 e. The van der Waals surface area contributed by atoms with Crippen molar-refractivity contribution >= 4 is 23.3 Å². The number of hydrogen-bond donors (Lipinski definition) is 1. The second kappa shape index (κ2) is 8.03. The molecule has 2 aromatic carbocycles. The normalized spacial score (nSPS) is 16.1. The summed E-state index contributed by atoms with van der Waals surface area (Å²) < 4.78 is 0. The number of carbonyl (C=O) groups excluding carboxylic acids is 1. The molecule has 1 heterocycles. The van der Waals surface area contributed by atoms with E-state index in [1.165, 1.54) is 5.01 Å². The van der Waals surface area contributed by atoms with Crippen LogP contribution in [0.25, 0.3) is 0 Å². The first-order valence-electron chi connectivity index (χ1n) is 8.89. The molecule has 27 heavy (non-hydrogen) atoms. The van der Waals surface area contributed by atoms with Gasteiger partial charge in [0.2, 0.25) is 5.91 Å². The van der Waals surface area contributed by atoms with E-state index in [1.807, 2.05) is 73.6 Å². The highest BCUT2D eigenvalue weighted by Gasteiger charge is 2.33. The predicted octanol–water partition coefficient (Wildman–Crippen LogP) is 3.30. The van der Waals surface area contributed by atoms with Crippen molar-refractivity contribution in [1.82, 2.24) is 5.01 Å². The van der Waals surface area contributed by atoms with Crippen LogP contribution < -0.4 is 4.90 Å².